The van der Waals surface area contributed by atoms with Crippen molar-refractivity contribution in [3.8, 4) is 0 Å². The first-order chi connectivity index (χ1) is 15.2. The molecule has 2 aromatic rings. The van der Waals surface area contributed by atoms with Crippen LogP contribution in [0.2, 0.25) is 0 Å². The van der Waals surface area contributed by atoms with Gasteiger partial charge in [0.2, 0.25) is 0 Å². The van der Waals surface area contributed by atoms with Crippen LogP contribution in [0.25, 0.3) is 0 Å². The number of halogens is 1. The van der Waals surface area contributed by atoms with Crippen LogP contribution in [-0.2, 0) is 19.3 Å². The molecule has 0 saturated heterocycles. The van der Waals surface area contributed by atoms with E-state index < -0.39 is 0 Å². The third kappa shape index (κ3) is 5.60. The molecule has 31 heavy (non-hydrogen) atoms. The quantitative estimate of drug-likeness (QED) is 0.374. The molecular formula is C30H41F. The second-order valence-corrected chi connectivity index (χ2v) is 10.3. The highest BCUT2D eigenvalue weighted by atomic mass is 19.1. The second kappa shape index (κ2) is 10.8. The third-order valence-electron chi connectivity index (χ3n) is 8.05. The van der Waals surface area contributed by atoms with Crippen LogP contribution in [0.5, 0.6) is 0 Å². The summed E-state index contributed by atoms with van der Waals surface area (Å²) < 4.78 is 15.2. The maximum Gasteiger partial charge on any atom is 0.126 e. The molecule has 0 spiro atoms. The van der Waals surface area contributed by atoms with Crippen molar-refractivity contribution in [2.75, 3.05) is 0 Å². The summed E-state index contributed by atoms with van der Waals surface area (Å²) in [5.41, 5.74) is 6.61. The fraction of sp³-hybridized carbons (Fsp3) is 0.600. The Bertz CT molecular complexity index is 843. The highest BCUT2D eigenvalue weighted by Gasteiger charge is 2.25. The minimum absolute atomic E-state index is 0.0396. The molecule has 4 rings (SSSR count). The molecule has 1 heteroatoms. The van der Waals surface area contributed by atoms with Crippen LogP contribution in [0.3, 0.4) is 0 Å². The lowest BCUT2D eigenvalue weighted by molar-refractivity contribution is 0.308. The Morgan fingerprint density at radius 1 is 0.806 bits per heavy atom. The van der Waals surface area contributed by atoms with Crippen molar-refractivity contribution >= 4 is 0 Å². The molecule has 2 aromatic carbocycles. The fourth-order valence-electron chi connectivity index (χ4n) is 6.13. The minimum atomic E-state index is 0.0396. The fourth-order valence-corrected chi connectivity index (χ4v) is 6.13. The van der Waals surface area contributed by atoms with E-state index in [9.17, 15) is 0 Å². The molecule has 0 aromatic heterocycles. The number of aryl methyl sites for hydroxylation is 2. The van der Waals surface area contributed by atoms with E-state index in [1.807, 2.05) is 6.07 Å². The summed E-state index contributed by atoms with van der Waals surface area (Å²) in [4.78, 5) is 0. The summed E-state index contributed by atoms with van der Waals surface area (Å²) in [6, 6.07) is 13.3. The van der Waals surface area contributed by atoms with Gasteiger partial charge < -0.3 is 0 Å². The zero-order valence-electron chi connectivity index (χ0n) is 19.8. The van der Waals surface area contributed by atoms with Gasteiger partial charge in [-0.3, -0.25) is 0 Å². The van der Waals surface area contributed by atoms with Crippen LogP contribution in [0.15, 0.2) is 36.4 Å². The molecule has 1 unspecified atom stereocenters. The summed E-state index contributed by atoms with van der Waals surface area (Å²) in [6.45, 7) is 4.55. The molecule has 0 amide bonds. The molecule has 168 valence electrons. The van der Waals surface area contributed by atoms with Crippen LogP contribution in [0.4, 0.5) is 4.39 Å². The van der Waals surface area contributed by atoms with Gasteiger partial charge in [-0.05, 0) is 109 Å². The Balaban J connectivity index is 1.39. The van der Waals surface area contributed by atoms with Gasteiger partial charge in [-0.15, -0.1) is 0 Å². The van der Waals surface area contributed by atoms with Gasteiger partial charge in [-0.2, -0.15) is 0 Å². The van der Waals surface area contributed by atoms with Gasteiger partial charge >= 0.3 is 0 Å². The van der Waals surface area contributed by atoms with E-state index in [4.69, 9.17) is 0 Å². The average Bonchev–Trinajstić information content (AvgIpc) is 2.79. The monoisotopic (exact) mass is 420 g/mol. The van der Waals surface area contributed by atoms with E-state index in [1.54, 1.807) is 0 Å². The molecule has 0 heterocycles. The van der Waals surface area contributed by atoms with E-state index in [0.717, 1.165) is 30.7 Å². The van der Waals surface area contributed by atoms with Crippen molar-refractivity contribution in [2.45, 2.75) is 109 Å². The zero-order valence-corrected chi connectivity index (χ0v) is 19.8. The predicted octanol–water partition coefficient (Wildman–Crippen LogP) is 8.90. The number of fused-ring (bicyclic) bond motifs is 1. The largest absolute Gasteiger partial charge is 0.207 e. The van der Waals surface area contributed by atoms with Gasteiger partial charge in [0.25, 0.3) is 0 Å². The zero-order chi connectivity index (χ0) is 21.6. The highest BCUT2D eigenvalue weighted by molar-refractivity contribution is 5.38. The first-order valence-corrected chi connectivity index (χ1v) is 13.1. The molecule has 0 nitrogen and oxygen atoms in total. The Morgan fingerprint density at radius 2 is 1.65 bits per heavy atom. The van der Waals surface area contributed by atoms with Gasteiger partial charge in [-0.1, -0.05) is 69.9 Å². The molecule has 0 N–H and O–H groups in total. The maximum atomic E-state index is 15.2. The summed E-state index contributed by atoms with van der Waals surface area (Å²) in [6.07, 6.45) is 16.0. The van der Waals surface area contributed by atoms with Gasteiger partial charge in [0.15, 0.2) is 0 Å². The van der Waals surface area contributed by atoms with Crippen molar-refractivity contribution in [1.82, 2.24) is 0 Å². The van der Waals surface area contributed by atoms with Crippen molar-refractivity contribution < 1.29 is 4.39 Å². The number of rotatable bonds is 8. The summed E-state index contributed by atoms with van der Waals surface area (Å²) in [5, 5.41) is 0. The lowest BCUT2D eigenvalue weighted by Crippen LogP contribution is -2.16. The molecule has 0 bridgehead atoms. The molecule has 2 aliphatic rings. The van der Waals surface area contributed by atoms with Crippen molar-refractivity contribution in [3.63, 3.8) is 0 Å². The van der Waals surface area contributed by atoms with E-state index in [1.165, 1.54) is 86.5 Å². The number of hydrogen-bond acceptors (Lipinski definition) is 0. The minimum Gasteiger partial charge on any atom is -0.207 e. The number of benzene rings is 2. The number of unbranched alkanes of at least 4 members (excludes halogenated alkanes) is 2. The SMILES string of the molecule is CCCCCc1ccc2c(c1)CCC(c1ccc(C3CCC(CCC)CC3)cc1F)C2. The van der Waals surface area contributed by atoms with Crippen LogP contribution < -0.4 is 0 Å². The maximum absolute atomic E-state index is 15.2. The first kappa shape index (κ1) is 22.6. The molecule has 1 fully saturated rings. The first-order valence-electron chi connectivity index (χ1n) is 13.1. The normalized spacial score (nSPS) is 23.5. The molecule has 0 aliphatic heterocycles. The molecule has 1 atom stereocenters. The predicted molar refractivity (Wildman–Crippen MR) is 130 cm³/mol. The second-order valence-electron chi connectivity index (χ2n) is 10.3. The molecule has 1 saturated carbocycles. The van der Waals surface area contributed by atoms with Crippen LogP contribution >= 0.6 is 0 Å². The van der Waals surface area contributed by atoms with Gasteiger partial charge in [0.1, 0.15) is 5.82 Å². The Labute approximate surface area is 189 Å². The topological polar surface area (TPSA) is 0 Å². The van der Waals surface area contributed by atoms with Crippen LogP contribution in [0, 0.1) is 11.7 Å². The van der Waals surface area contributed by atoms with Crippen LogP contribution in [0.1, 0.15) is 118 Å². The molecular weight excluding hydrogens is 379 g/mol. The Kier molecular flexibility index (Phi) is 7.86. The van der Waals surface area contributed by atoms with Gasteiger partial charge in [0.05, 0.1) is 0 Å². The number of hydrogen-bond donors (Lipinski definition) is 0. The third-order valence-corrected chi connectivity index (χ3v) is 8.05. The lowest BCUT2D eigenvalue weighted by Gasteiger charge is -2.29. The highest BCUT2D eigenvalue weighted by Crippen LogP contribution is 2.40. The molecule has 0 radical (unpaired) electrons. The van der Waals surface area contributed by atoms with Gasteiger partial charge in [0, 0.05) is 0 Å². The Hall–Kier alpha value is -1.63. The summed E-state index contributed by atoms with van der Waals surface area (Å²) in [7, 11) is 0. The van der Waals surface area contributed by atoms with Crippen molar-refractivity contribution in [3.05, 3.63) is 70.0 Å². The van der Waals surface area contributed by atoms with E-state index in [2.05, 4.69) is 44.2 Å². The van der Waals surface area contributed by atoms with Crippen LogP contribution in [-0.4, -0.2) is 0 Å². The molecule has 2 aliphatic carbocycles. The van der Waals surface area contributed by atoms with E-state index >= 15 is 4.39 Å². The van der Waals surface area contributed by atoms with Crippen molar-refractivity contribution in [2.24, 2.45) is 5.92 Å². The summed E-state index contributed by atoms with van der Waals surface area (Å²) in [5.74, 6) is 1.83. The van der Waals surface area contributed by atoms with E-state index in [0.29, 0.717) is 11.8 Å². The lowest BCUT2D eigenvalue weighted by atomic mass is 9.76. The summed E-state index contributed by atoms with van der Waals surface area (Å²) >= 11 is 0. The smallest absolute Gasteiger partial charge is 0.126 e. The van der Waals surface area contributed by atoms with Crippen molar-refractivity contribution in [1.29, 1.82) is 0 Å². The average molecular weight is 421 g/mol. The standard InChI is InChI=1S/C30H41F/c1-3-5-6-8-23-11-14-26-20-28(16-15-25(26)19-23)29-18-17-27(21-30(29)31)24-12-9-22(7-4-2)10-13-24/h11,14,17-19,21-22,24,28H,3-10,12-13,15-16,20H2,1-2H3. The Morgan fingerprint density at radius 3 is 2.39 bits per heavy atom. The van der Waals surface area contributed by atoms with Gasteiger partial charge in [-0.25, -0.2) is 4.39 Å². The van der Waals surface area contributed by atoms with E-state index in [-0.39, 0.29) is 5.82 Å².